The number of rotatable bonds is 9. The second kappa shape index (κ2) is 10.4. The third-order valence-corrected chi connectivity index (χ3v) is 5.60. The van der Waals surface area contributed by atoms with E-state index in [0.29, 0.717) is 30.3 Å². The summed E-state index contributed by atoms with van der Waals surface area (Å²) >= 11 is 0. The highest BCUT2D eigenvalue weighted by molar-refractivity contribution is 5.84. The number of nitrogens with one attached hydrogen (secondary N) is 3. The van der Waals surface area contributed by atoms with E-state index in [1.165, 1.54) is 24.0 Å². The first-order valence-corrected chi connectivity index (χ1v) is 11.1. The SMILES string of the molecule is Cc1cc(N[C@@H](CC(C)C)C(=O)NC2CCCC2)nc(NCc2ccccc2C)n1. The molecule has 0 unspecified atom stereocenters. The zero-order chi connectivity index (χ0) is 21.5. The maximum Gasteiger partial charge on any atom is 0.242 e. The lowest BCUT2D eigenvalue weighted by atomic mass is 10.0. The molecule has 3 N–H and O–H groups in total. The van der Waals surface area contributed by atoms with Crippen LogP contribution in [0.25, 0.3) is 0 Å². The zero-order valence-electron chi connectivity index (χ0n) is 18.7. The van der Waals surface area contributed by atoms with Crippen molar-refractivity contribution in [2.75, 3.05) is 10.6 Å². The van der Waals surface area contributed by atoms with Gasteiger partial charge in [0.05, 0.1) is 0 Å². The van der Waals surface area contributed by atoms with Gasteiger partial charge in [-0.15, -0.1) is 0 Å². The summed E-state index contributed by atoms with van der Waals surface area (Å²) in [5.74, 6) is 1.72. The van der Waals surface area contributed by atoms with Crippen molar-refractivity contribution in [1.82, 2.24) is 15.3 Å². The molecule has 1 aliphatic carbocycles. The van der Waals surface area contributed by atoms with Crippen molar-refractivity contribution in [1.29, 1.82) is 0 Å². The van der Waals surface area contributed by atoms with E-state index in [0.717, 1.165) is 25.0 Å². The molecule has 0 aliphatic heterocycles. The number of anilines is 2. The monoisotopic (exact) mass is 409 g/mol. The fraction of sp³-hybridized carbons (Fsp3) is 0.542. The Morgan fingerprint density at radius 3 is 2.57 bits per heavy atom. The van der Waals surface area contributed by atoms with Gasteiger partial charge in [-0.25, -0.2) is 4.98 Å². The summed E-state index contributed by atoms with van der Waals surface area (Å²) in [5, 5.41) is 9.92. The van der Waals surface area contributed by atoms with Gasteiger partial charge in [-0.05, 0) is 50.2 Å². The topological polar surface area (TPSA) is 78.9 Å². The molecule has 0 bridgehead atoms. The molecule has 1 heterocycles. The summed E-state index contributed by atoms with van der Waals surface area (Å²) < 4.78 is 0. The minimum atomic E-state index is -0.302. The third-order valence-electron chi connectivity index (χ3n) is 5.60. The van der Waals surface area contributed by atoms with Gasteiger partial charge >= 0.3 is 0 Å². The highest BCUT2D eigenvalue weighted by atomic mass is 16.2. The van der Waals surface area contributed by atoms with E-state index in [2.05, 4.69) is 58.8 Å². The Balaban J connectivity index is 1.69. The Bertz CT molecular complexity index is 845. The highest BCUT2D eigenvalue weighted by Gasteiger charge is 2.24. The average molecular weight is 410 g/mol. The molecule has 1 fully saturated rings. The van der Waals surface area contributed by atoms with E-state index in [4.69, 9.17) is 0 Å². The Hall–Kier alpha value is -2.63. The first-order valence-electron chi connectivity index (χ1n) is 11.1. The normalized spacial score (nSPS) is 15.2. The molecule has 3 rings (SSSR count). The van der Waals surface area contributed by atoms with E-state index >= 15 is 0 Å². The Morgan fingerprint density at radius 2 is 1.87 bits per heavy atom. The highest BCUT2D eigenvalue weighted by Crippen LogP contribution is 2.20. The van der Waals surface area contributed by atoms with E-state index in [1.54, 1.807) is 0 Å². The molecule has 0 spiro atoms. The van der Waals surface area contributed by atoms with Crippen molar-refractivity contribution < 1.29 is 4.79 Å². The molecule has 2 aromatic rings. The third kappa shape index (κ3) is 6.44. The summed E-state index contributed by atoms with van der Waals surface area (Å²) in [4.78, 5) is 22.1. The number of carbonyl (C=O) groups excluding carboxylic acids is 1. The quantitative estimate of drug-likeness (QED) is 0.564. The Labute approximate surface area is 180 Å². The molecule has 1 aromatic heterocycles. The van der Waals surface area contributed by atoms with Gasteiger partial charge in [0.25, 0.3) is 0 Å². The summed E-state index contributed by atoms with van der Waals surface area (Å²) in [6, 6.07) is 10.2. The predicted molar refractivity (Wildman–Crippen MR) is 123 cm³/mol. The number of hydrogen-bond donors (Lipinski definition) is 3. The molecule has 1 saturated carbocycles. The maximum atomic E-state index is 12.9. The van der Waals surface area contributed by atoms with Crippen LogP contribution in [0, 0.1) is 19.8 Å². The fourth-order valence-electron chi connectivity index (χ4n) is 3.96. The first-order chi connectivity index (χ1) is 14.4. The largest absolute Gasteiger partial charge is 0.358 e. The fourth-order valence-corrected chi connectivity index (χ4v) is 3.96. The minimum Gasteiger partial charge on any atom is -0.358 e. The maximum absolute atomic E-state index is 12.9. The van der Waals surface area contributed by atoms with Crippen molar-refractivity contribution in [2.24, 2.45) is 5.92 Å². The van der Waals surface area contributed by atoms with Crippen molar-refractivity contribution in [3.8, 4) is 0 Å². The molecule has 162 valence electrons. The van der Waals surface area contributed by atoms with Crippen LogP contribution in [0.3, 0.4) is 0 Å². The summed E-state index contributed by atoms with van der Waals surface area (Å²) in [6.07, 6.45) is 5.33. The summed E-state index contributed by atoms with van der Waals surface area (Å²) in [5.41, 5.74) is 3.31. The van der Waals surface area contributed by atoms with E-state index in [-0.39, 0.29) is 11.9 Å². The Morgan fingerprint density at radius 1 is 1.13 bits per heavy atom. The number of aryl methyl sites for hydroxylation is 2. The van der Waals surface area contributed by atoms with Gasteiger partial charge in [0.2, 0.25) is 11.9 Å². The van der Waals surface area contributed by atoms with Crippen LogP contribution in [0.4, 0.5) is 11.8 Å². The van der Waals surface area contributed by atoms with Crippen LogP contribution in [0.15, 0.2) is 30.3 Å². The summed E-state index contributed by atoms with van der Waals surface area (Å²) in [7, 11) is 0. The smallest absolute Gasteiger partial charge is 0.242 e. The number of carbonyl (C=O) groups is 1. The summed E-state index contributed by atoms with van der Waals surface area (Å²) in [6.45, 7) is 8.98. The molecule has 1 atom stereocenters. The van der Waals surface area contributed by atoms with Gasteiger partial charge < -0.3 is 16.0 Å². The van der Waals surface area contributed by atoms with E-state index < -0.39 is 0 Å². The number of benzene rings is 1. The van der Waals surface area contributed by atoms with Crippen LogP contribution in [0.1, 0.15) is 62.8 Å². The van der Waals surface area contributed by atoms with Crippen LogP contribution in [-0.2, 0) is 11.3 Å². The predicted octanol–water partition coefficient (Wildman–Crippen LogP) is 4.59. The number of aromatic nitrogens is 2. The molecule has 1 aliphatic rings. The van der Waals surface area contributed by atoms with Gasteiger partial charge in [0.15, 0.2) is 0 Å². The van der Waals surface area contributed by atoms with Crippen molar-refractivity contribution in [3.63, 3.8) is 0 Å². The molecule has 1 aromatic carbocycles. The van der Waals surface area contributed by atoms with Gasteiger partial charge in [0.1, 0.15) is 11.9 Å². The van der Waals surface area contributed by atoms with Crippen molar-refractivity contribution in [2.45, 2.75) is 78.4 Å². The lowest BCUT2D eigenvalue weighted by molar-refractivity contribution is -0.122. The van der Waals surface area contributed by atoms with Gasteiger partial charge in [0, 0.05) is 24.3 Å². The van der Waals surface area contributed by atoms with Crippen LogP contribution >= 0.6 is 0 Å². The first kappa shape index (κ1) is 22.1. The van der Waals surface area contributed by atoms with E-state index in [9.17, 15) is 4.79 Å². The molecule has 6 nitrogen and oxygen atoms in total. The molecule has 30 heavy (non-hydrogen) atoms. The second-order valence-corrected chi connectivity index (χ2v) is 8.81. The van der Waals surface area contributed by atoms with Crippen LogP contribution in [0.2, 0.25) is 0 Å². The van der Waals surface area contributed by atoms with E-state index in [1.807, 2.05) is 25.1 Å². The Kier molecular flexibility index (Phi) is 7.66. The molecule has 0 radical (unpaired) electrons. The molecular weight excluding hydrogens is 374 g/mol. The van der Waals surface area contributed by atoms with Gasteiger partial charge in [-0.1, -0.05) is 51.0 Å². The molecule has 6 heteroatoms. The van der Waals surface area contributed by atoms with Crippen LogP contribution < -0.4 is 16.0 Å². The van der Waals surface area contributed by atoms with Crippen LogP contribution in [0.5, 0.6) is 0 Å². The number of hydrogen-bond acceptors (Lipinski definition) is 5. The number of amides is 1. The van der Waals surface area contributed by atoms with Crippen molar-refractivity contribution in [3.05, 3.63) is 47.2 Å². The molecular formula is C24H35N5O. The van der Waals surface area contributed by atoms with Crippen LogP contribution in [-0.4, -0.2) is 28.0 Å². The lowest BCUT2D eigenvalue weighted by Crippen LogP contribution is -2.44. The minimum absolute atomic E-state index is 0.0706. The van der Waals surface area contributed by atoms with Gasteiger partial charge in [-0.3, -0.25) is 4.79 Å². The zero-order valence-corrected chi connectivity index (χ0v) is 18.7. The molecule has 0 saturated heterocycles. The molecule has 1 amide bonds. The van der Waals surface area contributed by atoms with Gasteiger partial charge in [-0.2, -0.15) is 4.98 Å². The number of nitrogens with zero attached hydrogens (tertiary/aromatic N) is 2. The lowest BCUT2D eigenvalue weighted by Gasteiger charge is -2.23. The standard InChI is InChI=1S/C24H35N5O/c1-16(2)13-21(23(30)27-20-11-7-8-12-20)28-22-14-18(4)26-24(29-22)25-15-19-10-6-5-9-17(19)3/h5-6,9-10,14,16,20-21H,7-8,11-13,15H2,1-4H3,(H,27,30)(H2,25,26,28,29)/t21-/m0/s1. The average Bonchev–Trinajstić information content (AvgIpc) is 3.19. The second-order valence-electron chi connectivity index (χ2n) is 8.81. The van der Waals surface area contributed by atoms with Crippen molar-refractivity contribution >= 4 is 17.7 Å².